The van der Waals surface area contributed by atoms with Crippen LogP contribution >= 0.6 is 0 Å². The first-order valence-corrected chi connectivity index (χ1v) is 12.5. The normalized spacial score (nSPS) is 46.8. The maximum atomic E-state index is 13.3. The molecular weight excluding hydrogens is 388 g/mol. The van der Waals surface area contributed by atoms with Crippen LogP contribution in [0.1, 0.15) is 71.6 Å². The summed E-state index contributed by atoms with van der Waals surface area (Å²) in [6, 6.07) is 0. The Bertz CT molecular complexity index is 810. The zero-order valence-corrected chi connectivity index (χ0v) is 19.6. The number of aromatic nitrogens is 2. The fraction of sp³-hybridized carbons (Fsp3) is 0.846. The number of hydrogen-bond donors (Lipinski definition) is 1. The van der Waals surface area contributed by atoms with E-state index in [1.807, 2.05) is 10.8 Å². The van der Waals surface area contributed by atoms with Gasteiger partial charge in [-0.15, -0.1) is 0 Å². The number of carbonyl (C=O) groups is 1. The number of fused-ring (bicyclic) bond motifs is 5. The number of hydrogen-bond acceptors (Lipinski definition) is 4. The summed E-state index contributed by atoms with van der Waals surface area (Å²) in [6.45, 7) is 5.90. The summed E-state index contributed by atoms with van der Waals surface area (Å²) >= 11 is 0. The molecule has 4 aliphatic carbocycles. The summed E-state index contributed by atoms with van der Waals surface area (Å²) in [5.41, 5.74) is -0.135. The first kappa shape index (κ1) is 21.6. The Kier molecular flexibility index (Phi) is 5.37. The van der Waals surface area contributed by atoms with Gasteiger partial charge in [0, 0.05) is 25.4 Å². The van der Waals surface area contributed by atoms with Gasteiger partial charge < -0.3 is 14.4 Å². The van der Waals surface area contributed by atoms with Gasteiger partial charge in [-0.3, -0.25) is 4.79 Å². The molecule has 4 saturated carbocycles. The van der Waals surface area contributed by atoms with Crippen LogP contribution in [0.15, 0.2) is 18.7 Å². The number of Topliss-reactive ketones (excluding diaryl/α,β-unsaturated/α-hetero) is 1. The molecule has 31 heavy (non-hydrogen) atoms. The van der Waals surface area contributed by atoms with E-state index >= 15 is 0 Å². The van der Waals surface area contributed by atoms with E-state index in [0.717, 1.165) is 37.5 Å². The number of ketones is 1. The predicted molar refractivity (Wildman–Crippen MR) is 119 cm³/mol. The lowest BCUT2D eigenvalue weighted by Crippen LogP contribution is -2.56. The molecule has 0 aliphatic heterocycles. The molecule has 1 aromatic heterocycles. The van der Waals surface area contributed by atoms with Crippen LogP contribution in [-0.4, -0.2) is 39.8 Å². The molecule has 0 radical (unpaired) electrons. The van der Waals surface area contributed by atoms with Crippen LogP contribution in [-0.2, 0) is 16.1 Å². The monoisotopic (exact) mass is 428 g/mol. The lowest BCUT2D eigenvalue weighted by molar-refractivity contribution is -0.164. The van der Waals surface area contributed by atoms with Gasteiger partial charge in [0.2, 0.25) is 0 Å². The molecule has 1 N–H and O–H groups in total. The zero-order chi connectivity index (χ0) is 21.9. The Labute approximate surface area is 187 Å². The highest BCUT2D eigenvalue weighted by atomic mass is 16.5. The second-order valence-electron chi connectivity index (χ2n) is 11.9. The minimum atomic E-state index is -0.632. The van der Waals surface area contributed by atoms with Crippen molar-refractivity contribution in [2.45, 2.75) is 83.8 Å². The smallest absolute Gasteiger partial charge is 0.156 e. The third-order valence-corrected chi connectivity index (χ3v) is 10.5. The first-order chi connectivity index (χ1) is 14.8. The summed E-state index contributed by atoms with van der Waals surface area (Å²) < 4.78 is 7.29. The average Bonchev–Trinajstić information content (AvgIpc) is 3.35. The van der Waals surface area contributed by atoms with Gasteiger partial charge in [0.1, 0.15) is 0 Å². The van der Waals surface area contributed by atoms with Crippen LogP contribution in [0, 0.1) is 40.4 Å². The van der Waals surface area contributed by atoms with E-state index in [0.29, 0.717) is 36.2 Å². The van der Waals surface area contributed by atoms with Gasteiger partial charge >= 0.3 is 0 Å². The Balaban J connectivity index is 1.33. The highest BCUT2D eigenvalue weighted by molar-refractivity contribution is 5.82. The van der Waals surface area contributed by atoms with Crippen LogP contribution in [0.5, 0.6) is 0 Å². The molecule has 8 atom stereocenters. The number of rotatable bonds is 5. The Morgan fingerprint density at radius 3 is 2.65 bits per heavy atom. The number of imidazole rings is 1. The second kappa shape index (κ2) is 7.69. The molecule has 0 spiro atoms. The minimum absolute atomic E-state index is 0.160. The third kappa shape index (κ3) is 3.42. The van der Waals surface area contributed by atoms with Crippen molar-refractivity contribution in [3.8, 4) is 0 Å². The molecule has 4 aliphatic rings. The maximum Gasteiger partial charge on any atom is 0.156 e. The highest BCUT2D eigenvalue weighted by Gasteiger charge is 2.62. The minimum Gasteiger partial charge on any atom is -0.387 e. The third-order valence-electron chi connectivity index (χ3n) is 10.5. The largest absolute Gasteiger partial charge is 0.387 e. The van der Waals surface area contributed by atoms with E-state index in [1.165, 1.54) is 32.1 Å². The van der Waals surface area contributed by atoms with Crippen molar-refractivity contribution in [3.63, 3.8) is 0 Å². The quantitative estimate of drug-likeness (QED) is 0.751. The van der Waals surface area contributed by atoms with Gasteiger partial charge in [0.15, 0.2) is 5.78 Å². The van der Waals surface area contributed by atoms with Crippen molar-refractivity contribution >= 4 is 5.78 Å². The number of aliphatic hydroxyl groups is 1. The van der Waals surface area contributed by atoms with Crippen molar-refractivity contribution in [2.24, 2.45) is 40.4 Å². The lowest BCUT2D eigenvalue weighted by atomic mass is 9.44. The molecule has 0 amide bonds. The summed E-state index contributed by atoms with van der Waals surface area (Å²) in [4.78, 5) is 17.4. The van der Waals surface area contributed by atoms with E-state index < -0.39 is 5.60 Å². The maximum absolute atomic E-state index is 13.3. The van der Waals surface area contributed by atoms with Crippen molar-refractivity contribution in [1.29, 1.82) is 0 Å². The molecule has 0 saturated heterocycles. The van der Waals surface area contributed by atoms with Gasteiger partial charge in [-0.25, -0.2) is 4.98 Å². The standard InChI is InChI=1S/C26H40N2O3/c1-24-10-11-26(30,16-31-3)14-18(24)4-5-19-20-6-7-22(25(20,2)9-8-21(19)24)23(29)15-28-13-12-27-17-28/h12-13,17-22,30H,4-11,14-16H2,1-3H3/t18-,19?,20?,21?,22-,24-,25-,26+/m0/s1. The van der Waals surface area contributed by atoms with Crippen molar-refractivity contribution in [3.05, 3.63) is 18.7 Å². The van der Waals surface area contributed by atoms with Crippen molar-refractivity contribution < 1.29 is 14.6 Å². The molecule has 1 aromatic rings. The number of methoxy groups -OCH3 is 1. The fourth-order valence-electron chi connectivity index (χ4n) is 8.92. The van der Waals surface area contributed by atoms with Crippen LogP contribution in [0.4, 0.5) is 0 Å². The predicted octanol–water partition coefficient (Wildman–Crippen LogP) is 4.49. The van der Waals surface area contributed by atoms with E-state index in [-0.39, 0.29) is 11.3 Å². The summed E-state index contributed by atoms with van der Waals surface area (Å²) in [5, 5.41) is 11.0. The van der Waals surface area contributed by atoms with E-state index in [2.05, 4.69) is 18.8 Å². The van der Waals surface area contributed by atoms with Crippen molar-refractivity contribution in [2.75, 3.05) is 13.7 Å². The molecule has 5 nitrogen and oxygen atoms in total. The van der Waals surface area contributed by atoms with E-state index in [9.17, 15) is 9.90 Å². The molecule has 1 heterocycles. The molecule has 5 heteroatoms. The van der Waals surface area contributed by atoms with E-state index in [4.69, 9.17) is 4.74 Å². The second-order valence-corrected chi connectivity index (χ2v) is 11.9. The molecule has 4 fully saturated rings. The van der Waals surface area contributed by atoms with Crippen LogP contribution in [0.3, 0.4) is 0 Å². The van der Waals surface area contributed by atoms with Gasteiger partial charge in [0.05, 0.1) is 25.1 Å². The molecule has 0 aromatic carbocycles. The highest BCUT2D eigenvalue weighted by Crippen LogP contribution is 2.68. The summed E-state index contributed by atoms with van der Waals surface area (Å²) in [6.07, 6.45) is 15.5. The van der Waals surface area contributed by atoms with Gasteiger partial charge in [-0.1, -0.05) is 13.8 Å². The van der Waals surface area contributed by atoms with Crippen LogP contribution < -0.4 is 0 Å². The average molecular weight is 429 g/mol. The lowest BCUT2D eigenvalue weighted by Gasteiger charge is -2.62. The van der Waals surface area contributed by atoms with Crippen molar-refractivity contribution in [1.82, 2.24) is 9.55 Å². The van der Waals surface area contributed by atoms with Crippen LogP contribution in [0.25, 0.3) is 0 Å². The van der Waals surface area contributed by atoms with Gasteiger partial charge in [-0.05, 0) is 92.3 Å². The molecular formula is C26H40N2O3. The van der Waals surface area contributed by atoms with Gasteiger partial charge in [-0.2, -0.15) is 0 Å². The Morgan fingerprint density at radius 2 is 1.90 bits per heavy atom. The summed E-state index contributed by atoms with van der Waals surface area (Å²) in [7, 11) is 1.70. The number of carbonyl (C=O) groups excluding carboxylic acids is 1. The Hall–Kier alpha value is -1.20. The Morgan fingerprint density at radius 1 is 1.10 bits per heavy atom. The molecule has 3 unspecified atom stereocenters. The fourth-order valence-corrected chi connectivity index (χ4v) is 8.92. The molecule has 5 rings (SSSR count). The summed E-state index contributed by atoms with van der Waals surface area (Å²) in [5.74, 6) is 3.39. The number of ether oxygens (including phenoxy) is 1. The van der Waals surface area contributed by atoms with E-state index in [1.54, 1.807) is 19.6 Å². The molecule has 172 valence electrons. The SMILES string of the molecule is COC[C@@]1(O)CC[C@]2(C)C3CC[C@@]4(C)C(CC[C@H]4C(=O)Cn4ccnc4)C3CC[C@H]2C1. The number of nitrogens with zero attached hydrogens (tertiary/aromatic N) is 2. The topological polar surface area (TPSA) is 64.3 Å². The first-order valence-electron chi connectivity index (χ1n) is 12.5. The zero-order valence-electron chi connectivity index (χ0n) is 19.6. The molecule has 0 bridgehead atoms. The van der Waals surface area contributed by atoms with Crippen LogP contribution in [0.2, 0.25) is 0 Å². The van der Waals surface area contributed by atoms with Gasteiger partial charge in [0.25, 0.3) is 0 Å².